The number of hydrogen-bond donors (Lipinski definition) is 3. The summed E-state index contributed by atoms with van der Waals surface area (Å²) in [6, 6.07) is 0. The Morgan fingerprint density at radius 1 is 1.12 bits per heavy atom. The van der Waals surface area contributed by atoms with E-state index in [-0.39, 0.29) is 11.3 Å². The molecule has 0 spiro atoms. The zero-order valence-electron chi connectivity index (χ0n) is 15.7. The van der Waals surface area contributed by atoms with Crippen LogP contribution in [0.25, 0.3) is 0 Å². The number of hydrogen-bond acceptors (Lipinski definition) is 4. The van der Waals surface area contributed by atoms with E-state index >= 15 is 0 Å². The van der Waals surface area contributed by atoms with Gasteiger partial charge in [-0.2, -0.15) is 0 Å². The Kier molecular flexibility index (Phi) is 9.01. The summed E-state index contributed by atoms with van der Waals surface area (Å²) in [4.78, 5) is 6.77. The Morgan fingerprint density at radius 3 is 2.38 bits per heavy atom. The molecular formula is C16H35N5O2S. The fourth-order valence-electron chi connectivity index (χ4n) is 2.76. The summed E-state index contributed by atoms with van der Waals surface area (Å²) in [5.41, 5.74) is 0.0921. The van der Waals surface area contributed by atoms with Gasteiger partial charge in [0.1, 0.15) is 0 Å². The normalized spacial score (nSPS) is 17.8. The van der Waals surface area contributed by atoms with E-state index in [0.717, 1.165) is 32.0 Å². The number of nitrogens with one attached hydrogen (secondary N) is 3. The van der Waals surface area contributed by atoms with Crippen LogP contribution in [-0.4, -0.2) is 70.3 Å². The lowest BCUT2D eigenvalue weighted by Crippen LogP contribution is -2.55. The highest BCUT2D eigenvalue weighted by Gasteiger charge is 2.27. The van der Waals surface area contributed by atoms with E-state index in [1.165, 1.54) is 19.3 Å². The third-order valence-electron chi connectivity index (χ3n) is 4.47. The molecule has 0 bridgehead atoms. The number of rotatable bonds is 9. The van der Waals surface area contributed by atoms with E-state index < -0.39 is 10.0 Å². The molecule has 8 heteroatoms. The minimum absolute atomic E-state index is 0.0921. The summed E-state index contributed by atoms with van der Waals surface area (Å²) in [5.74, 6) is 0.883. The highest BCUT2D eigenvalue weighted by atomic mass is 32.2. The largest absolute Gasteiger partial charge is 0.356 e. The molecule has 0 aromatic rings. The second-order valence-electron chi connectivity index (χ2n) is 6.86. The average molecular weight is 362 g/mol. The third-order valence-corrected chi connectivity index (χ3v) is 5.88. The number of guanidine groups is 1. The Morgan fingerprint density at radius 2 is 1.79 bits per heavy atom. The maximum atomic E-state index is 11.3. The van der Waals surface area contributed by atoms with Crippen molar-refractivity contribution in [3.05, 3.63) is 0 Å². The van der Waals surface area contributed by atoms with Crippen LogP contribution < -0.4 is 15.4 Å². The monoisotopic (exact) mass is 361 g/mol. The van der Waals surface area contributed by atoms with E-state index in [4.69, 9.17) is 0 Å². The first-order chi connectivity index (χ1) is 11.3. The van der Waals surface area contributed by atoms with Crippen molar-refractivity contribution < 1.29 is 8.42 Å². The SMILES string of the molecule is CCS(=O)(=O)NCCCNC(=NC)NCC(C)(C)N1CCCCC1. The van der Waals surface area contributed by atoms with Gasteiger partial charge in [0, 0.05) is 32.2 Å². The molecule has 1 heterocycles. The predicted molar refractivity (Wildman–Crippen MR) is 101 cm³/mol. The van der Waals surface area contributed by atoms with Crippen LogP contribution in [0.5, 0.6) is 0 Å². The molecule has 3 N–H and O–H groups in total. The van der Waals surface area contributed by atoms with Gasteiger partial charge in [0.15, 0.2) is 5.96 Å². The van der Waals surface area contributed by atoms with Gasteiger partial charge in [0.05, 0.1) is 5.75 Å². The van der Waals surface area contributed by atoms with Gasteiger partial charge in [0.25, 0.3) is 0 Å². The molecule has 24 heavy (non-hydrogen) atoms. The van der Waals surface area contributed by atoms with E-state index in [2.05, 4.69) is 39.1 Å². The quantitative estimate of drug-likeness (QED) is 0.320. The summed E-state index contributed by atoms with van der Waals surface area (Å²) in [6.07, 6.45) is 4.62. The molecule has 142 valence electrons. The van der Waals surface area contributed by atoms with Crippen LogP contribution in [0.1, 0.15) is 46.5 Å². The van der Waals surface area contributed by atoms with Crippen LogP contribution >= 0.6 is 0 Å². The van der Waals surface area contributed by atoms with Gasteiger partial charge in [-0.3, -0.25) is 9.89 Å². The Labute approximate surface area is 147 Å². The summed E-state index contributed by atoms with van der Waals surface area (Å²) in [5, 5.41) is 6.62. The smallest absolute Gasteiger partial charge is 0.211 e. The zero-order valence-corrected chi connectivity index (χ0v) is 16.5. The first-order valence-electron chi connectivity index (χ1n) is 8.97. The Hall–Kier alpha value is -0.860. The zero-order chi connectivity index (χ0) is 18.1. The number of piperidine rings is 1. The van der Waals surface area contributed by atoms with E-state index in [9.17, 15) is 8.42 Å². The summed E-state index contributed by atoms with van der Waals surface area (Å²) in [7, 11) is -1.34. The molecule has 0 aromatic heterocycles. The van der Waals surface area contributed by atoms with Crippen molar-refractivity contribution >= 4 is 16.0 Å². The van der Waals surface area contributed by atoms with Crippen LogP contribution in [0.15, 0.2) is 4.99 Å². The van der Waals surface area contributed by atoms with Gasteiger partial charge in [-0.25, -0.2) is 13.1 Å². The van der Waals surface area contributed by atoms with Gasteiger partial charge >= 0.3 is 0 Å². The molecule has 0 saturated carbocycles. The van der Waals surface area contributed by atoms with Gasteiger partial charge in [0.2, 0.25) is 10.0 Å². The van der Waals surface area contributed by atoms with Gasteiger partial charge in [-0.15, -0.1) is 0 Å². The first-order valence-corrected chi connectivity index (χ1v) is 10.6. The third kappa shape index (κ3) is 7.81. The van der Waals surface area contributed by atoms with Crippen molar-refractivity contribution in [2.75, 3.05) is 45.5 Å². The topological polar surface area (TPSA) is 85.8 Å². The van der Waals surface area contributed by atoms with Crippen LogP contribution in [0.2, 0.25) is 0 Å². The van der Waals surface area contributed by atoms with Crippen molar-refractivity contribution in [2.24, 2.45) is 4.99 Å². The molecular weight excluding hydrogens is 326 g/mol. The van der Waals surface area contributed by atoms with Gasteiger partial charge in [-0.05, 0) is 53.1 Å². The minimum atomic E-state index is -3.10. The summed E-state index contributed by atoms with van der Waals surface area (Å²) in [6.45, 7) is 10.4. The highest BCUT2D eigenvalue weighted by molar-refractivity contribution is 7.89. The number of sulfonamides is 1. The molecule has 0 unspecified atom stereocenters. The molecule has 1 aliphatic heterocycles. The summed E-state index contributed by atoms with van der Waals surface area (Å²) < 4.78 is 25.3. The van der Waals surface area contributed by atoms with Crippen molar-refractivity contribution in [3.8, 4) is 0 Å². The number of likely N-dealkylation sites (tertiary alicyclic amines) is 1. The molecule has 7 nitrogen and oxygen atoms in total. The summed E-state index contributed by atoms with van der Waals surface area (Å²) >= 11 is 0. The van der Waals surface area contributed by atoms with Crippen LogP contribution in [0, 0.1) is 0 Å². The lowest BCUT2D eigenvalue weighted by Gasteiger charge is -2.41. The highest BCUT2D eigenvalue weighted by Crippen LogP contribution is 2.19. The van der Waals surface area contributed by atoms with E-state index in [1.807, 2.05) is 0 Å². The Bertz CT molecular complexity index is 485. The standard InChI is InChI=1S/C16H35N5O2S/c1-5-24(22,23)20-11-9-10-18-15(17-4)19-14-16(2,3)21-12-7-6-8-13-21/h20H,5-14H2,1-4H3,(H2,17,18,19). The fraction of sp³-hybridized carbons (Fsp3) is 0.938. The van der Waals surface area contributed by atoms with Crippen LogP contribution in [0.3, 0.4) is 0 Å². The maximum Gasteiger partial charge on any atom is 0.211 e. The van der Waals surface area contributed by atoms with Gasteiger partial charge < -0.3 is 10.6 Å². The van der Waals surface area contributed by atoms with Crippen LogP contribution in [0.4, 0.5) is 0 Å². The molecule has 0 aliphatic carbocycles. The number of nitrogens with zero attached hydrogens (tertiary/aromatic N) is 2. The molecule has 0 radical (unpaired) electrons. The molecule has 1 rings (SSSR count). The lowest BCUT2D eigenvalue weighted by atomic mass is 9.98. The first kappa shape index (κ1) is 21.2. The van der Waals surface area contributed by atoms with Crippen LogP contribution in [-0.2, 0) is 10.0 Å². The predicted octanol–water partition coefficient (Wildman–Crippen LogP) is 0.745. The van der Waals surface area contributed by atoms with Crippen molar-refractivity contribution in [1.29, 1.82) is 0 Å². The molecule has 0 aromatic carbocycles. The Balaban J connectivity index is 2.27. The molecule has 1 fully saturated rings. The van der Waals surface area contributed by atoms with E-state index in [0.29, 0.717) is 13.1 Å². The molecule has 0 amide bonds. The van der Waals surface area contributed by atoms with Gasteiger partial charge in [-0.1, -0.05) is 6.42 Å². The van der Waals surface area contributed by atoms with E-state index in [1.54, 1.807) is 14.0 Å². The number of aliphatic imine (C=N–C) groups is 1. The second-order valence-corrected chi connectivity index (χ2v) is 8.96. The minimum Gasteiger partial charge on any atom is -0.356 e. The molecule has 1 saturated heterocycles. The average Bonchev–Trinajstić information content (AvgIpc) is 2.58. The van der Waals surface area contributed by atoms with Crippen molar-refractivity contribution in [3.63, 3.8) is 0 Å². The van der Waals surface area contributed by atoms with Crippen molar-refractivity contribution in [2.45, 2.75) is 52.0 Å². The second kappa shape index (κ2) is 10.2. The molecule has 0 atom stereocenters. The lowest BCUT2D eigenvalue weighted by molar-refractivity contribution is 0.0982. The maximum absolute atomic E-state index is 11.3. The molecule has 1 aliphatic rings. The fourth-order valence-corrected chi connectivity index (χ4v) is 3.42. The van der Waals surface area contributed by atoms with Crippen molar-refractivity contribution in [1.82, 2.24) is 20.3 Å².